The van der Waals surface area contributed by atoms with Crippen LogP contribution in [0.2, 0.25) is 0 Å². The largest absolute Gasteiger partial charge is 0.354 e. The molecule has 2 aromatic rings. The number of piperazine rings is 1. The second-order valence-electron chi connectivity index (χ2n) is 6.91. The van der Waals surface area contributed by atoms with E-state index in [0.717, 1.165) is 17.3 Å². The molecule has 1 aromatic carbocycles. The molecule has 0 spiro atoms. The van der Waals surface area contributed by atoms with Crippen molar-refractivity contribution in [2.75, 3.05) is 31.1 Å². The van der Waals surface area contributed by atoms with Gasteiger partial charge in [-0.15, -0.1) is 0 Å². The minimum Gasteiger partial charge on any atom is -0.354 e. The molecular formula is C19H23N5O2S. The van der Waals surface area contributed by atoms with Gasteiger partial charge in [-0.05, 0) is 31.2 Å². The van der Waals surface area contributed by atoms with Gasteiger partial charge in [0.05, 0.1) is 16.5 Å². The van der Waals surface area contributed by atoms with Crippen LogP contribution in [0.5, 0.6) is 0 Å². The fraction of sp³-hybridized carbons (Fsp3) is 0.421. The molecule has 0 radical (unpaired) electrons. The number of rotatable bonds is 4. The lowest BCUT2D eigenvalue weighted by Crippen LogP contribution is -2.49. The van der Waals surface area contributed by atoms with Crippen LogP contribution in [0, 0.1) is 18.3 Å². The van der Waals surface area contributed by atoms with Gasteiger partial charge in [0.15, 0.2) is 0 Å². The molecule has 0 amide bonds. The smallest absolute Gasteiger partial charge is 0.243 e. The quantitative estimate of drug-likeness (QED) is 0.802. The van der Waals surface area contributed by atoms with Crippen molar-refractivity contribution in [2.24, 2.45) is 0 Å². The lowest BCUT2D eigenvalue weighted by Gasteiger charge is -2.35. The van der Waals surface area contributed by atoms with Crippen LogP contribution in [0.15, 0.2) is 35.2 Å². The number of aromatic nitrogens is 2. The van der Waals surface area contributed by atoms with Crippen LogP contribution >= 0.6 is 0 Å². The first-order valence-corrected chi connectivity index (χ1v) is 10.4. The molecule has 8 heteroatoms. The number of nitrogens with zero attached hydrogens (tertiary/aromatic N) is 5. The Bertz CT molecular complexity index is 957. The fourth-order valence-electron chi connectivity index (χ4n) is 3.00. The molecular weight excluding hydrogens is 362 g/mol. The molecule has 1 aliphatic heterocycles. The maximum Gasteiger partial charge on any atom is 0.243 e. The summed E-state index contributed by atoms with van der Waals surface area (Å²) < 4.78 is 27.1. The van der Waals surface area contributed by atoms with Gasteiger partial charge in [-0.1, -0.05) is 13.8 Å². The Balaban J connectivity index is 1.74. The van der Waals surface area contributed by atoms with E-state index < -0.39 is 10.0 Å². The number of anilines is 1. The molecule has 2 heterocycles. The van der Waals surface area contributed by atoms with E-state index in [9.17, 15) is 8.42 Å². The Kier molecular flexibility index (Phi) is 5.44. The van der Waals surface area contributed by atoms with Gasteiger partial charge in [0, 0.05) is 43.9 Å². The summed E-state index contributed by atoms with van der Waals surface area (Å²) in [5.74, 6) is 1.89. The van der Waals surface area contributed by atoms with E-state index in [1.807, 2.05) is 19.1 Å². The average Bonchev–Trinajstić information content (AvgIpc) is 2.67. The number of hydrogen-bond donors (Lipinski definition) is 0. The van der Waals surface area contributed by atoms with Gasteiger partial charge in [-0.25, -0.2) is 18.4 Å². The zero-order chi connectivity index (χ0) is 19.6. The molecule has 3 rings (SSSR count). The van der Waals surface area contributed by atoms with Gasteiger partial charge in [0.1, 0.15) is 11.6 Å². The molecule has 142 valence electrons. The molecule has 0 N–H and O–H groups in total. The van der Waals surface area contributed by atoms with Crippen LogP contribution in [-0.4, -0.2) is 48.9 Å². The Morgan fingerprint density at radius 1 is 1.07 bits per heavy atom. The summed E-state index contributed by atoms with van der Waals surface area (Å²) in [5, 5.41) is 8.86. The summed E-state index contributed by atoms with van der Waals surface area (Å²) in [4.78, 5) is 11.4. The van der Waals surface area contributed by atoms with Crippen molar-refractivity contribution in [3.63, 3.8) is 0 Å². The second kappa shape index (κ2) is 7.62. The molecule has 27 heavy (non-hydrogen) atoms. The third kappa shape index (κ3) is 4.10. The van der Waals surface area contributed by atoms with E-state index >= 15 is 0 Å². The molecule has 0 aliphatic carbocycles. The monoisotopic (exact) mass is 385 g/mol. The van der Waals surface area contributed by atoms with Crippen molar-refractivity contribution in [3.8, 4) is 6.07 Å². The summed E-state index contributed by atoms with van der Waals surface area (Å²) >= 11 is 0. The van der Waals surface area contributed by atoms with Crippen LogP contribution in [-0.2, 0) is 10.0 Å². The minimum atomic E-state index is -3.56. The van der Waals surface area contributed by atoms with E-state index in [4.69, 9.17) is 5.26 Å². The number of aryl methyl sites for hydroxylation is 1. The van der Waals surface area contributed by atoms with Crippen molar-refractivity contribution < 1.29 is 8.42 Å². The average molecular weight is 385 g/mol. The molecule has 1 aromatic heterocycles. The van der Waals surface area contributed by atoms with E-state index in [0.29, 0.717) is 31.7 Å². The topological polar surface area (TPSA) is 90.2 Å². The van der Waals surface area contributed by atoms with Crippen molar-refractivity contribution in [2.45, 2.75) is 31.6 Å². The Hall–Kier alpha value is -2.50. The van der Waals surface area contributed by atoms with Gasteiger partial charge in [0.2, 0.25) is 10.0 Å². The highest BCUT2D eigenvalue weighted by atomic mass is 32.2. The van der Waals surface area contributed by atoms with Crippen LogP contribution in [0.25, 0.3) is 0 Å². The van der Waals surface area contributed by atoms with E-state index in [1.54, 1.807) is 0 Å². The van der Waals surface area contributed by atoms with Gasteiger partial charge < -0.3 is 4.90 Å². The number of hydrogen-bond acceptors (Lipinski definition) is 6. The lowest BCUT2D eigenvalue weighted by atomic mass is 10.2. The number of benzene rings is 1. The highest BCUT2D eigenvalue weighted by Gasteiger charge is 2.29. The molecule has 0 saturated carbocycles. The van der Waals surface area contributed by atoms with Crippen molar-refractivity contribution in [1.82, 2.24) is 14.3 Å². The summed E-state index contributed by atoms with van der Waals surface area (Å²) in [5.41, 5.74) is 1.36. The Morgan fingerprint density at radius 3 is 2.26 bits per heavy atom. The normalized spacial score (nSPS) is 15.7. The molecule has 1 saturated heterocycles. The Labute approximate surface area is 160 Å². The van der Waals surface area contributed by atoms with E-state index in [1.165, 1.54) is 28.6 Å². The SMILES string of the molecule is Cc1cc(N2CCN(S(=O)(=O)c3ccc(C#N)cc3)CC2)nc(C(C)C)n1. The first-order chi connectivity index (χ1) is 12.8. The van der Waals surface area contributed by atoms with Crippen molar-refractivity contribution >= 4 is 15.8 Å². The fourth-order valence-corrected chi connectivity index (χ4v) is 4.42. The van der Waals surface area contributed by atoms with Crippen LogP contribution < -0.4 is 4.90 Å². The maximum absolute atomic E-state index is 12.8. The minimum absolute atomic E-state index is 0.218. The van der Waals surface area contributed by atoms with Crippen LogP contribution in [0.3, 0.4) is 0 Å². The van der Waals surface area contributed by atoms with Crippen molar-refractivity contribution in [1.29, 1.82) is 5.26 Å². The van der Waals surface area contributed by atoms with Gasteiger partial charge in [-0.2, -0.15) is 9.57 Å². The first-order valence-electron chi connectivity index (χ1n) is 8.92. The standard InChI is InChI=1S/C19H23N5O2S/c1-14(2)19-21-15(3)12-18(22-19)23-8-10-24(11-9-23)27(25,26)17-6-4-16(13-20)5-7-17/h4-7,12,14H,8-11H2,1-3H3. The zero-order valence-corrected chi connectivity index (χ0v) is 16.6. The van der Waals surface area contributed by atoms with E-state index in [2.05, 4.69) is 28.7 Å². The predicted molar refractivity (Wildman–Crippen MR) is 103 cm³/mol. The summed E-state index contributed by atoms with van der Waals surface area (Å²) in [6.45, 7) is 7.99. The third-order valence-corrected chi connectivity index (χ3v) is 6.47. The van der Waals surface area contributed by atoms with Gasteiger partial charge >= 0.3 is 0 Å². The van der Waals surface area contributed by atoms with Crippen LogP contribution in [0.4, 0.5) is 5.82 Å². The van der Waals surface area contributed by atoms with Gasteiger partial charge in [-0.3, -0.25) is 0 Å². The van der Waals surface area contributed by atoms with E-state index in [-0.39, 0.29) is 10.8 Å². The molecule has 1 aliphatic rings. The molecule has 0 bridgehead atoms. The zero-order valence-electron chi connectivity index (χ0n) is 15.8. The molecule has 7 nitrogen and oxygen atoms in total. The molecule has 0 atom stereocenters. The highest BCUT2D eigenvalue weighted by molar-refractivity contribution is 7.89. The molecule has 0 unspecified atom stereocenters. The van der Waals surface area contributed by atoms with Gasteiger partial charge in [0.25, 0.3) is 0 Å². The third-order valence-electron chi connectivity index (χ3n) is 4.56. The summed E-state index contributed by atoms with van der Waals surface area (Å²) in [6.07, 6.45) is 0. The lowest BCUT2D eigenvalue weighted by molar-refractivity contribution is 0.383. The number of nitriles is 1. The molecule has 1 fully saturated rings. The second-order valence-corrected chi connectivity index (χ2v) is 8.85. The first kappa shape index (κ1) is 19.3. The Morgan fingerprint density at radius 2 is 1.70 bits per heavy atom. The van der Waals surface area contributed by atoms with Crippen LogP contribution in [0.1, 0.15) is 36.8 Å². The highest BCUT2D eigenvalue weighted by Crippen LogP contribution is 2.22. The summed E-state index contributed by atoms with van der Waals surface area (Å²) in [6, 6.07) is 9.97. The maximum atomic E-state index is 12.8. The summed E-state index contributed by atoms with van der Waals surface area (Å²) in [7, 11) is -3.56. The predicted octanol–water partition coefficient (Wildman–Crippen LogP) is 2.29. The van der Waals surface area contributed by atoms with Crippen molar-refractivity contribution in [3.05, 3.63) is 47.4 Å². The number of sulfonamides is 1.